The normalized spacial score (nSPS) is 10.2. The Morgan fingerprint density at radius 1 is 1.14 bits per heavy atom. The Morgan fingerprint density at radius 3 is 2.38 bits per heavy atom. The average Bonchev–Trinajstić information content (AvgIpc) is 2.49. The standard InChI is InChI=1S/C15H12ClNO3S/c1-21-10-7-5-9(6-8-10)14(18)17-13-11(15(19)20)3-2-4-12(13)16/h2-8H,1H3,(H,17,18)(H,19,20). The van der Waals surface area contributed by atoms with E-state index in [1.807, 2.05) is 18.4 Å². The van der Waals surface area contributed by atoms with E-state index in [9.17, 15) is 9.59 Å². The van der Waals surface area contributed by atoms with Gasteiger partial charge in [-0.15, -0.1) is 11.8 Å². The average molecular weight is 322 g/mol. The molecule has 108 valence electrons. The predicted octanol–water partition coefficient (Wildman–Crippen LogP) is 4.01. The molecule has 0 aromatic heterocycles. The first-order valence-electron chi connectivity index (χ1n) is 6.00. The zero-order valence-electron chi connectivity index (χ0n) is 11.1. The van der Waals surface area contributed by atoms with Crippen LogP contribution in [-0.2, 0) is 0 Å². The summed E-state index contributed by atoms with van der Waals surface area (Å²) in [7, 11) is 0. The molecule has 2 aromatic rings. The Hall–Kier alpha value is -1.98. The molecule has 0 aliphatic heterocycles. The Kier molecular flexibility index (Phi) is 4.88. The molecule has 0 atom stereocenters. The van der Waals surface area contributed by atoms with E-state index in [4.69, 9.17) is 16.7 Å². The maximum atomic E-state index is 12.2. The highest BCUT2D eigenvalue weighted by Gasteiger charge is 2.16. The number of para-hydroxylation sites is 1. The molecule has 0 aliphatic rings. The first-order chi connectivity index (χ1) is 10.0. The molecule has 0 heterocycles. The fraction of sp³-hybridized carbons (Fsp3) is 0.0667. The van der Waals surface area contributed by atoms with Crippen LogP contribution in [0.3, 0.4) is 0 Å². The van der Waals surface area contributed by atoms with E-state index >= 15 is 0 Å². The van der Waals surface area contributed by atoms with Gasteiger partial charge < -0.3 is 10.4 Å². The number of rotatable bonds is 4. The number of carboxylic acid groups (broad SMARTS) is 1. The van der Waals surface area contributed by atoms with Crippen molar-refractivity contribution in [2.75, 3.05) is 11.6 Å². The summed E-state index contributed by atoms with van der Waals surface area (Å²) >= 11 is 7.54. The van der Waals surface area contributed by atoms with Crippen LogP contribution in [0, 0.1) is 0 Å². The van der Waals surface area contributed by atoms with Gasteiger partial charge in [-0.3, -0.25) is 4.79 Å². The molecule has 0 radical (unpaired) electrons. The van der Waals surface area contributed by atoms with Gasteiger partial charge in [0, 0.05) is 10.5 Å². The van der Waals surface area contributed by atoms with E-state index in [0.717, 1.165) is 4.90 Å². The second-order valence-electron chi connectivity index (χ2n) is 4.15. The van der Waals surface area contributed by atoms with Gasteiger partial charge in [0.05, 0.1) is 16.3 Å². The zero-order chi connectivity index (χ0) is 15.4. The van der Waals surface area contributed by atoms with Crippen molar-refractivity contribution < 1.29 is 14.7 Å². The molecular weight excluding hydrogens is 310 g/mol. The highest BCUT2D eigenvalue weighted by Crippen LogP contribution is 2.26. The van der Waals surface area contributed by atoms with Crippen molar-refractivity contribution in [3.8, 4) is 0 Å². The summed E-state index contributed by atoms with van der Waals surface area (Å²) in [4.78, 5) is 24.4. The number of aromatic carboxylic acids is 1. The fourth-order valence-electron chi connectivity index (χ4n) is 1.76. The SMILES string of the molecule is CSc1ccc(C(=O)Nc2c(Cl)cccc2C(=O)O)cc1. The van der Waals surface area contributed by atoms with Crippen LogP contribution in [0.4, 0.5) is 5.69 Å². The van der Waals surface area contributed by atoms with Crippen LogP contribution in [0.25, 0.3) is 0 Å². The molecule has 2 rings (SSSR count). The molecule has 0 fully saturated rings. The van der Waals surface area contributed by atoms with Crippen LogP contribution in [0.15, 0.2) is 47.4 Å². The zero-order valence-corrected chi connectivity index (χ0v) is 12.7. The number of anilines is 1. The van der Waals surface area contributed by atoms with Gasteiger partial charge in [-0.1, -0.05) is 17.7 Å². The number of benzene rings is 2. The van der Waals surface area contributed by atoms with Crippen molar-refractivity contribution >= 4 is 40.9 Å². The van der Waals surface area contributed by atoms with Gasteiger partial charge >= 0.3 is 5.97 Å². The number of thioether (sulfide) groups is 1. The molecule has 2 N–H and O–H groups in total. The number of carbonyl (C=O) groups is 2. The third-order valence-electron chi connectivity index (χ3n) is 2.83. The monoisotopic (exact) mass is 321 g/mol. The van der Waals surface area contributed by atoms with Crippen molar-refractivity contribution in [3.63, 3.8) is 0 Å². The number of hydrogen-bond acceptors (Lipinski definition) is 3. The largest absolute Gasteiger partial charge is 0.478 e. The van der Waals surface area contributed by atoms with Crippen LogP contribution >= 0.6 is 23.4 Å². The Balaban J connectivity index is 2.29. The van der Waals surface area contributed by atoms with Gasteiger partial charge in [-0.05, 0) is 42.7 Å². The maximum Gasteiger partial charge on any atom is 0.337 e. The quantitative estimate of drug-likeness (QED) is 0.835. The van der Waals surface area contributed by atoms with Crippen molar-refractivity contribution in [2.45, 2.75) is 4.90 Å². The summed E-state index contributed by atoms with van der Waals surface area (Å²) in [5.41, 5.74) is 0.492. The van der Waals surface area contributed by atoms with Crippen LogP contribution in [-0.4, -0.2) is 23.2 Å². The van der Waals surface area contributed by atoms with Gasteiger partial charge in [0.25, 0.3) is 5.91 Å². The highest BCUT2D eigenvalue weighted by atomic mass is 35.5. The number of amides is 1. The van der Waals surface area contributed by atoms with E-state index in [0.29, 0.717) is 5.56 Å². The van der Waals surface area contributed by atoms with Gasteiger partial charge in [0.15, 0.2) is 0 Å². The van der Waals surface area contributed by atoms with Crippen molar-refractivity contribution in [1.82, 2.24) is 0 Å². The summed E-state index contributed by atoms with van der Waals surface area (Å²) in [6.45, 7) is 0. The fourth-order valence-corrected chi connectivity index (χ4v) is 2.39. The number of hydrogen-bond donors (Lipinski definition) is 2. The first-order valence-corrected chi connectivity index (χ1v) is 7.60. The van der Waals surface area contributed by atoms with Crippen molar-refractivity contribution in [1.29, 1.82) is 0 Å². The number of halogens is 1. The summed E-state index contributed by atoms with van der Waals surface area (Å²) in [6.07, 6.45) is 1.94. The van der Waals surface area contributed by atoms with Crippen LogP contribution < -0.4 is 5.32 Å². The van der Waals surface area contributed by atoms with Gasteiger partial charge in [0.1, 0.15) is 0 Å². The predicted molar refractivity (Wildman–Crippen MR) is 84.6 cm³/mol. The molecule has 0 aliphatic carbocycles. The number of carboxylic acids is 1. The lowest BCUT2D eigenvalue weighted by Crippen LogP contribution is -2.15. The molecule has 2 aromatic carbocycles. The second-order valence-corrected chi connectivity index (χ2v) is 5.44. The minimum atomic E-state index is -1.15. The topological polar surface area (TPSA) is 66.4 Å². The Labute approximate surface area is 131 Å². The minimum absolute atomic E-state index is 0.0448. The summed E-state index contributed by atoms with van der Waals surface area (Å²) in [5, 5.41) is 11.9. The van der Waals surface area contributed by atoms with Crippen molar-refractivity contribution in [3.05, 3.63) is 58.6 Å². The number of nitrogens with one attached hydrogen (secondary N) is 1. The van der Waals surface area contributed by atoms with Crippen LogP contribution in [0.1, 0.15) is 20.7 Å². The number of carbonyl (C=O) groups excluding carboxylic acids is 1. The Morgan fingerprint density at radius 2 is 1.81 bits per heavy atom. The van der Waals surface area contributed by atoms with E-state index in [2.05, 4.69) is 5.32 Å². The van der Waals surface area contributed by atoms with Crippen molar-refractivity contribution in [2.24, 2.45) is 0 Å². The third kappa shape index (κ3) is 3.56. The van der Waals surface area contributed by atoms with Gasteiger partial charge in [-0.25, -0.2) is 4.79 Å². The lowest BCUT2D eigenvalue weighted by atomic mass is 10.1. The van der Waals surface area contributed by atoms with E-state index in [-0.39, 0.29) is 16.3 Å². The molecule has 0 saturated heterocycles. The van der Waals surface area contributed by atoms with Crippen LogP contribution in [0.2, 0.25) is 5.02 Å². The highest BCUT2D eigenvalue weighted by molar-refractivity contribution is 7.98. The molecule has 0 saturated carbocycles. The van der Waals surface area contributed by atoms with Gasteiger partial charge in [0.2, 0.25) is 0 Å². The van der Waals surface area contributed by atoms with E-state index in [1.165, 1.54) is 18.2 Å². The molecule has 21 heavy (non-hydrogen) atoms. The molecule has 4 nitrogen and oxygen atoms in total. The van der Waals surface area contributed by atoms with E-state index in [1.54, 1.807) is 23.9 Å². The van der Waals surface area contributed by atoms with E-state index < -0.39 is 11.9 Å². The maximum absolute atomic E-state index is 12.2. The summed E-state index contributed by atoms with van der Waals surface area (Å²) < 4.78 is 0. The first kappa shape index (κ1) is 15.4. The molecule has 1 amide bonds. The smallest absolute Gasteiger partial charge is 0.337 e. The minimum Gasteiger partial charge on any atom is -0.478 e. The molecule has 6 heteroatoms. The molecule has 0 spiro atoms. The third-order valence-corrected chi connectivity index (χ3v) is 3.89. The molecular formula is C15H12ClNO3S. The lowest BCUT2D eigenvalue weighted by molar-refractivity contribution is 0.0698. The molecule has 0 bridgehead atoms. The molecule has 0 unspecified atom stereocenters. The summed E-state index contributed by atoms with van der Waals surface area (Å²) in [5.74, 6) is -1.55. The van der Waals surface area contributed by atoms with Gasteiger partial charge in [-0.2, -0.15) is 0 Å². The summed E-state index contributed by atoms with van der Waals surface area (Å²) in [6, 6.07) is 11.4. The Bertz CT molecular complexity index is 686. The second kappa shape index (κ2) is 6.65. The lowest BCUT2D eigenvalue weighted by Gasteiger charge is -2.10. The van der Waals surface area contributed by atoms with Crippen LogP contribution in [0.5, 0.6) is 0 Å².